The number of rotatable bonds is 0. The monoisotopic (exact) mass is 168 g/mol. The van der Waals surface area contributed by atoms with Gasteiger partial charge in [0.2, 0.25) is 0 Å². The summed E-state index contributed by atoms with van der Waals surface area (Å²) in [5, 5.41) is 0. The van der Waals surface area contributed by atoms with Gasteiger partial charge in [-0.3, -0.25) is 0 Å². The summed E-state index contributed by atoms with van der Waals surface area (Å²) in [6.07, 6.45) is 1.92. The van der Waals surface area contributed by atoms with Crippen molar-refractivity contribution >= 4 is 9.01 Å². The summed E-state index contributed by atoms with van der Waals surface area (Å²) < 4.78 is 15.0. The number of hydrogen-bond donors (Lipinski definition) is 0. The molecule has 0 amide bonds. The van der Waals surface area contributed by atoms with Crippen LogP contribution in [0.15, 0.2) is 24.0 Å². The van der Waals surface area contributed by atoms with Gasteiger partial charge in [-0.2, -0.15) is 0 Å². The van der Waals surface area contributed by atoms with E-state index in [1.165, 1.54) is 0 Å². The zero-order valence-electron chi connectivity index (χ0n) is 7.09. The van der Waals surface area contributed by atoms with Crippen molar-refractivity contribution in [2.75, 3.05) is 14.1 Å². The van der Waals surface area contributed by atoms with Gasteiger partial charge in [-0.1, -0.05) is 6.58 Å². The van der Waals surface area contributed by atoms with Crippen molar-refractivity contribution < 1.29 is 4.46 Å². The molecule has 0 atom stereocenters. The van der Waals surface area contributed by atoms with E-state index in [4.69, 9.17) is 0 Å². The molecule has 0 radical (unpaired) electrons. The van der Waals surface area contributed by atoms with Crippen molar-refractivity contribution in [1.82, 2.24) is 9.13 Å². The summed E-state index contributed by atoms with van der Waals surface area (Å²) in [7, 11) is 1.83. The topological polar surface area (TPSA) is 23.6 Å². The van der Waals surface area contributed by atoms with Crippen molar-refractivity contribution in [2.24, 2.45) is 0 Å². The van der Waals surface area contributed by atoms with E-state index in [0.717, 1.165) is 11.4 Å². The molecule has 1 heterocycles. The highest BCUT2D eigenvalue weighted by Gasteiger charge is 2.24. The number of hydrogen-bond acceptors (Lipinski definition) is 1. The fourth-order valence-corrected chi connectivity index (χ4v) is 2.06. The third kappa shape index (κ3) is 1.26. The van der Waals surface area contributed by atoms with E-state index >= 15 is 0 Å². The summed E-state index contributed by atoms with van der Waals surface area (Å²) in [5.41, 5.74) is 1.83. The van der Waals surface area contributed by atoms with E-state index in [2.05, 4.69) is 6.58 Å². The van der Waals surface area contributed by atoms with Crippen LogP contribution in [0.25, 0.3) is 0 Å². The number of allylic oxidation sites excluding steroid dienone is 2. The van der Waals surface area contributed by atoms with Crippen LogP contribution in [-0.4, -0.2) is 32.2 Å². The highest BCUT2D eigenvalue weighted by molar-refractivity contribution is 6.37. The molecular formula is C7H12N2OSi. The number of nitrogens with zero attached hydrogens (tertiary/aromatic N) is 2. The Bertz CT molecular complexity index is 247. The van der Waals surface area contributed by atoms with Gasteiger partial charge in [0.1, 0.15) is 0 Å². The highest BCUT2D eigenvalue weighted by Crippen LogP contribution is 2.14. The van der Waals surface area contributed by atoms with Crippen LogP contribution in [0.3, 0.4) is 0 Å². The Hall–Kier alpha value is -0.903. The van der Waals surface area contributed by atoms with E-state index in [-0.39, 0.29) is 0 Å². The summed E-state index contributed by atoms with van der Waals surface area (Å²) in [5.74, 6) is 0. The molecule has 0 bridgehead atoms. The Morgan fingerprint density at radius 2 is 2.00 bits per heavy atom. The van der Waals surface area contributed by atoms with Crippen LogP contribution in [0.2, 0.25) is 0 Å². The first-order valence-corrected chi connectivity index (χ1v) is 4.73. The molecule has 0 saturated carbocycles. The third-order valence-corrected chi connectivity index (χ3v) is 3.70. The Kier molecular flexibility index (Phi) is 1.95. The molecule has 60 valence electrons. The largest absolute Gasteiger partial charge is 0.529 e. The van der Waals surface area contributed by atoms with E-state index < -0.39 is 9.01 Å². The Balaban J connectivity index is 3.01. The first-order valence-electron chi connectivity index (χ1n) is 3.42. The molecule has 0 saturated heterocycles. The van der Waals surface area contributed by atoms with Crippen LogP contribution in [0.1, 0.15) is 6.92 Å². The van der Waals surface area contributed by atoms with Crippen LogP contribution >= 0.6 is 0 Å². The molecule has 0 fully saturated rings. The molecule has 0 aromatic rings. The molecule has 1 rings (SSSR count). The second kappa shape index (κ2) is 2.62. The highest BCUT2D eigenvalue weighted by atomic mass is 28.3. The van der Waals surface area contributed by atoms with E-state index in [9.17, 15) is 4.46 Å². The molecule has 1 aliphatic heterocycles. The van der Waals surface area contributed by atoms with Gasteiger partial charge < -0.3 is 13.6 Å². The smallest absolute Gasteiger partial charge is 0.337 e. The molecule has 0 aliphatic carbocycles. The predicted octanol–water partition coefficient (Wildman–Crippen LogP) is 0.696. The molecule has 3 nitrogen and oxygen atoms in total. The average molecular weight is 168 g/mol. The maximum atomic E-state index is 11.5. The molecule has 4 heteroatoms. The first-order chi connectivity index (χ1) is 5.04. The van der Waals surface area contributed by atoms with Crippen molar-refractivity contribution in [1.29, 1.82) is 0 Å². The first kappa shape index (κ1) is 8.20. The van der Waals surface area contributed by atoms with Gasteiger partial charge in [0.25, 0.3) is 0 Å². The fraction of sp³-hybridized carbons (Fsp3) is 0.429. The zero-order valence-corrected chi connectivity index (χ0v) is 8.09. The maximum absolute atomic E-state index is 11.5. The summed E-state index contributed by atoms with van der Waals surface area (Å²) in [4.78, 5) is 0. The van der Waals surface area contributed by atoms with Crippen LogP contribution in [0.4, 0.5) is 0 Å². The van der Waals surface area contributed by atoms with Crippen LogP contribution in [0, 0.1) is 0 Å². The standard InChI is InChI=1S/C7H12N2OSi/c1-6-5-7(2)9(4)11(10)8(6)3/h5H,1H2,2-4H3. The van der Waals surface area contributed by atoms with Crippen LogP contribution in [-0.2, 0) is 4.46 Å². The SMILES string of the molecule is C=C1C=C(C)N(C)[Si](=O)N1C. The minimum absolute atomic E-state index is 0.824. The summed E-state index contributed by atoms with van der Waals surface area (Å²) >= 11 is 0. The Morgan fingerprint density at radius 1 is 1.45 bits per heavy atom. The lowest BCUT2D eigenvalue weighted by Gasteiger charge is -2.29. The number of likely N-dealkylation sites (N-methyl/N-ethyl adjacent to an activating group) is 1. The molecule has 11 heavy (non-hydrogen) atoms. The molecule has 0 N–H and O–H groups in total. The molecule has 0 unspecified atom stereocenters. The second-order valence-electron chi connectivity index (χ2n) is 2.68. The molecule has 0 spiro atoms. The average Bonchev–Trinajstić information content (AvgIpc) is 1.97. The van der Waals surface area contributed by atoms with Gasteiger partial charge in [0.15, 0.2) is 0 Å². The van der Waals surface area contributed by atoms with Gasteiger partial charge in [-0.25, -0.2) is 0 Å². The normalized spacial score (nSPS) is 19.0. The lowest BCUT2D eigenvalue weighted by atomic mass is 10.3. The minimum Gasteiger partial charge on any atom is -0.337 e. The van der Waals surface area contributed by atoms with Gasteiger partial charge in [0, 0.05) is 25.5 Å². The van der Waals surface area contributed by atoms with Crippen LogP contribution in [0.5, 0.6) is 0 Å². The van der Waals surface area contributed by atoms with Gasteiger partial charge in [0.05, 0.1) is 0 Å². The van der Waals surface area contributed by atoms with Crippen molar-refractivity contribution in [3.05, 3.63) is 24.0 Å². The van der Waals surface area contributed by atoms with Gasteiger partial charge in [-0.15, -0.1) is 0 Å². The molecule has 0 aromatic heterocycles. The zero-order chi connectivity index (χ0) is 8.59. The van der Waals surface area contributed by atoms with Crippen molar-refractivity contribution in [3.8, 4) is 0 Å². The lowest BCUT2D eigenvalue weighted by molar-refractivity contribution is 0.412. The summed E-state index contributed by atoms with van der Waals surface area (Å²) in [6, 6.07) is 0. The van der Waals surface area contributed by atoms with Gasteiger partial charge >= 0.3 is 9.01 Å². The Labute approximate surface area is 68.4 Å². The van der Waals surface area contributed by atoms with E-state index in [1.54, 1.807) is 16.2 Å². The predicted molar refractivity (Wildman–Crippen MR) is 44.9 cm³/mol. The molecule has 1 aliphatic rings. The molecule has 0 aromatic carbocycles. The summed E-state index contributed by atoms with van der Waals surface area (Å²) in [6.45, 7) is 5.71. The fourth-order valence-electron chi connectivity index (χ4n) is 0.933. The van der Waals surface area contributed by atoms with E-state index in [0.29, 0.717) is 0 Å². The third-order valence-electron chi connectivity index (χ3n) is 1.91. The Morgan fingerprint density at radius 3 is 2.55 bits per heavy atom. The van der Waals surface area contributed by atoms with Crippen molar-refractivity contribution in [3.63, 3.8) is 0 Å². The van der Waals surface area contributed by atoms with Crippen LogP contribution < -0.4 is 0 Å². The second-order valence-corrected chi connectivity index (χ2v) is 4.58. The van der Waals surface area contributed by atoms with Gasteiger partial charge in [-0.05, 0) is 13.0 Å². The maximum Gasteiger partial charge on any atom is 0.529 e. The van der Waals surface area contributed by atoms with Crippen molar-refractivity contribution in [2.45, 2.75) is 6.92 Å². The quantitative estimate of drug-likeness (QED) is 0.497. The lowest BCUT2D eigenvalue weighted by Crippen LogP contribution is -2.43. The van der Waals surface area contributed by atoms with E-state index in [1.807, 2.05) is 20.0 Å². The minimum atomic E-state index is -1.80. The molecular weight excluding hydrogens is 156 g/mol.